The Morgan fingerprint density at radius 1 is 1.29 bits per heavy atom. The predicted octanol–water partition coefficient (Wildman–Crippen LogP) is 2.92. The molecule has 0 aromatic heterocycles. The van der Waals surface area contributed by atoms with Crippen LogP contribution in [0.25, 0.3) is 0 Å². The van der Waals surface area contributed by atoms with Crippen LogP contribution in [0.15, 0.2) is 29.3 Å². The van der Waals surface area contributed by atoms with Crippen molar-refractivity contribution in [2.75, 3.05) is 27.2 Å². The van der Waals surface area contributed by atoms with Crippen LogP contribution in [0, 0.1) is 0 Å². The Bertz CT molecular complexity index is 520. The van der Waals surface area contributed by atoms with Crippen LogP contribution in [0.2, 0.25) is 5.02 Å². The summed E-state index contributed by atoms with van der Waals surface area (Å²) >= 11 is 5.89. The van der Waals surface area contributed by atoms with Gasteiger partial charge >= 0.3 is 0 Å². The lowest BCUT2D eigenvalue weighted by Gasteiger charge is -2.17. The zero-order chi connectivity index (χ0) is 17.2. The normalized spacial score (nSPS) is 12.1. The van der Waals surface area contributed by atoms with Crippen LogP contribution >= 0.6 is 35.6 Å². The molecule has 24 heavy (non-hydrogen) atoms. The Balaban J connectivity index is 0.00000529. The molecule has 0 fully saturated rings. The molecular weight excluding hydrogens is 439 g/mol. The van der Waals surface area contributed by atoms with Crippen molar-refractivity contribution >= 4 is 47.4 Å². The minimum atomic E-state index is -0.0204. The molecule has 0 aliphatic heterocycles. The maximum absolute atomic E-state index is 11.7. The Morgan fingerprint density at radius 3 is 2.46 bits per heavy atom. The van der Waals surface area contributed by atoms with E-state index in [-0.39, 0.29) is 36.4 Å². The highest BCUT2D eigenvalue weighted by Gasteiger charge is 2.06. The van der Waals surface area contributed by atoms with E-state index in [4.69, 9.17) is 11.6 Å². The number of nitrogens with one attached hydrogen (secondary N) is 2. The molecule has 7 heteroatoms. The Labute approximate surface area is 167 Å². The summed E-state index contributed by atoms with van der Waals surface area (Å²) in [6, 6.07) is 8.10. The molecular formula is C17H28ClIN4O. The third-order valence-electron chi connectivity index (χ3n) is 3.49. The average molecular weight is 467 g/mol. The van der Waals surface area contributed by atoms with Gasteiger partial charge in [-0.15, -0.1) is 24.0 Å². The van der Waals surface area contributed by atoms with E-state index in [1.54, 1.807) is 14.1 Å². The second kappa shape index (κ2) is 12.4. The van der Waals surface area contributed by atoms with Crippen LogP contribution < -0.4 is 10.6 Å². The molecule has 136 valence electrons. The van der Waals surface area contributed by atoms with E-state index in [2.05, 4.69) is 29.5 Å². The van der Waals surface area contributed by atoms with Crippen LogP contribution in [0.3, 0.4) is 0 Å². The number of rotatable bonds is 7. The first kappa shape index (κ1) is 23.0. The summed E-state index contributed by atoms with van der Waals surface area (Å²) in [6.45, 7) is 5.07. The summed E-state index contributed by atoms with van der Waals surface area (Å²) in [6.07, 6.45) is 1.85. The van der Waals surface area contributed by atoms with Crippen molar-refractivity contribution in [1.29, 1.82) is 0 Å². The molecule has 0 aliphatic rings. The van der Waals surface area contributed by atoms with E-state index in [1.807, 2.05) is 24.3 Å². The first-order chi connectivity index (χ1) is 10.9. The van der Waals surface area contributed by atoms with Gasteiger partial charge in [-0.25, -0.2) is 4.99 Å². The molecule has 1 aromatic rings. The summed E-state index contributed by atoms with van der Waals surface area (Å²) < 4.78 is 0. The first-order valence-corrected chi connectivity index (χ1v) is 8.29. The van der Waals surface area contributed by atoms with E-state index < -0.39 is 0 Å². The van der Waals surface area contributed by atoms with Gasteiger partial charge in [-0.05, 0) is 37.5 Å². The lowest BCUT2D eigenvalue weighted by Crippen LogP contribution is -2.43. The SMILES string of the molecule is CCC(C)NC(=NCC(=O)N(C)C)NCCc1ccc(Cl)cc1.I. The third kappa shape index (κ3) is 9.32. The standard InChI is InChI=1S/C17H27ClN4O.HI/c1-5-13(2)21-17(20-12-16(23)22(3)4)19-11-10-14-6-8-15(18)9-7-14;/h6-9,13H,5,10-12H2,1-4H3,(H2,19,20,21);1H. The van der Waals surface area contributed by atoms with Crippen molar-refractivity contribution in [3.8, 4) is 0 Å². The molecule has 0 bridgehead atoms. The first-order valence-electron chi connectivity index (χ1n) is 7.91. The van der Waals surface area contributed by atoms with E-state index >= 15 is 0 Å². The summed E-state index contributed by atoms with van der Waals surface area (Å²) in [4.78, 5) is 17.6. The van der Waals surface area contributed by atoms with Crippen LogP contribution in [0.5, 0.6) is 0 Å². The average Bonchev–Trinajstić information content (AvgIpc) is 2.53. The minimum absolute atomic E-state index is 0. The fourth-order valence-electron chi connectivity index (χ4n) is 1.75. The molecule has 0 saturated heterocycles. The summed E-state index contributed by atoms with van der Waals surface area (Å²) in [5.74, 6) is 0.650. The Hall–Kier alpha value is -1.02. The van der Waals surface area contributed by atoms with Crippen molar-refractivity contribution in [3.63, 3.8) is 0 Å². The van der Waals surface area contributed by atoms with Gasteiger partial charge in [-0.2, -0.15) is 0 Å². The van der Waals surface area contributed by atoms with E-state index in [0.717, 1.165) is 24.4 Å². The number of amides is 1. The zero-order valence-corrected chi connectivity index (χ0v) is 17.9. The van der Waals surface area contributed by atoms with Crippen LogP contribution in [-0.4, -0.2) is 50.0 Å². The molecule has 2 N–H and O–H groups in total. The maximum Gasteiger partial charge on any atom is 0.243 e. The fraction of sp³-hybridized carbons (Fsp3) is 0.529. The van der Waals surface area contributed by atoms with Gasteiger partial charge in [0, 0.05) is 31.7 Å². The lowest BCUT2D eigenvalue weighted by molar-refractivity contribution is -0.127. The van der Waals surface area contributed by atoms with E-state index in [9.17, 15) is 4.79 Å². The van der Waals surface area contributed by atoms with E-state index in [0.29, 0.717) is 12.0 Å². The Morgan fingerprint density at radius 2 is 1.92 bits per heavy atom. The van der Waals surface area contributed by atoms with Crippen LogP contribution in [-0.2, 0) is 11.2 Å². The monoisotopic (exact) mass is 466 g/mol. The largest absolute Gasteiger partial charge is 0.356 e. The zero-order valence-electron chi connectivity index (χ0n) is 14.8. The number of benzene rings is 1. The quantitative estimate of drug-likeness (QED) is 0.369. The maximum atomic E-state index is 11.7. The highest BCUT2D eigenvalue weighted by Crippen LogP contribution is 2.09. The van der Waals surface area contributed by atoms with Crippen molar-refractivity contribution in [1.82, 2.24) is 15.5 Å². The van der Waals surface area contributed by atoms with Gasteiger partial charge in [0.1, 0.15) is 6.54 Å². The summed E-state index contributed by atoms with van der Waals surface area (Å²) in [5, 5.41) is 7.32. The topological polar surface area (TPSA) is 56.7 Å². The Kier molecular flexibility index (Phi) is 11.8. The van der Waals surface area contributed by atoms with Gasteiger partial charge in [0.25, 0.3) is 0 Å². The molecule has 1 unspecified atom stereocenters. The van der Waals surface area contributed by atoms with E-state index in [1.165, 1.54) is 10.5 Å². The van der Waals surface area contributed by atoms with Gasteiger partial charge in [0.2, 0.25) is 5.91 Å². The number of carbonyl (C=O) groups excluding carboxylic acids is 1. The highest BCUT2D eigenvalue weighted by atomic mass is 127. The number of guanidine groups is 1. The second-order valence-electron chi connectivity index (χ2n) is 5.71. The summed E-state index contributed by atoms with van der Waals surface area (Å²) in [5.41, 5.74) is 1.20. The highest BCUT2D eigenvalue weighted by molar-refractivity contribution is 14.0. The molecule has 1 aromatic carbocycles. The number of hydrogen-bond acceptors (Lipinski definition) is 2. The van der Waals surface area contributed by atoms with Crippen molar-refractivity contribution in [2.45, 2.75) is 32.7 Å². The number of nitrogens with zero attached hydrogens (tertiary/aromatic N) is 2. The van der Waals surface area contributed by atoms with Crippen molar-refractivity contribution < 1.29 is 4.79 Å². The van der Waals surface area contributed by atoms with Gasteiger partial charge in [0.15, 0.2) is 5.96 Å². The minimum Gasteiger partial charge on any atom is -0.356 e. The van der Waals surface area contributed by atoms with Crippen molar-refractivity contribution in [2.24, 2.45) is 4.99 Å². The van der Waals surface area contributed by atoms with Gasteiger partial charge in [0.05, 0.1) is 0 Å². The molecule has 0 aliphatic carbocycles. The number of aliphatic imine (C=N–C) groups is 1. The molecule has 0 spiro atoms. The molecule has 0 heterocycles. The van der Waals surface area contributed by atoms with Crippen LogP contribution in [0.4, 0.5) is 0 Å². The number of halogens is 2. The number of likely N-dealkylation sites (N-methyl/N-ethyl adjacent to an activating group) is 1. The predicted molar refractivity (Wildman–Crippen MR) is 112 cm³/mol. The number of carbonyl (C=O) groups is 1. The molecule has 1 rings (SSSR count). The lowest BCUT2D eigenvalue weighted by atomic mass is 10.1. The van der Waals surface area contributed by atoms with Crippen LogP contribution in [0.1, 0.15) is 25.8 Å². The van der Waals surface area contributed by atoms with Gasteiger partial charge in [-0.1, -0.05) is 30.7 Å². The summed E-state index contributed by atoms with van der Waals surface area (Å²) in [7, 11) is 3.46. The molecule has 0 radical (unpaired) electrons. The van der Waals surface area contributed by atoms with Crippen molar-refractivity contribution in [3.05, 3.63) is 34.9 Å². The molecule has 5 nitrogen and oxygen atoms in total. The second-order valence-corrected chi connectivity index (χ2v) is 6.15. The molecule has 1 atom stereocenters. The molecule has 0 saturated carbocycles. The van der Waals surface area contributed by atoms with Gasteiger partial charge in [-0.3, -0.25) is 4.79 Å². The van der Waals surface area contributed by atoms with Gasteiger partial charge < -0.3 is 15.5 Å². The third-order valence-corrected chi connectivity index (χ3v) is 3.74. The molecule has 1 amide bonds. The number of hydrogen-bond donors (Lipinski definition) is 2. The fourth-order valence-corrected chi connectivity index (χ4v) is 1.88. The smallest absolute Gasteiger partial charge is 0.243 e.